The number of carbonyl (C=O) groups is 1. The van der Waals surface area contributed by atoms with Crippen LogP contribution in [0, 0.1) is 5.92 Å². The summed E-state index contributed by atoms with van der Waals surface area (Å²) in [5.74, 6) is 1.09. The summed E-state index contributed by atoms with van der Waals surface area (Å²) >= 11 is 6.25. The molecular formula is C24H30ClFN4O. The maximum Gasteiger partial charge on any atom is 0.252 e. The average molecular weight is 445 g/mol. The lowest BCUT2D eigenvalue weighted by atomic mass is 9.91. The van der Waals surface area contributed by atoms with Crippen LogP contribution in [0.25, 0.3) is 5.65 Å². The quantitative estimate of drug-likeness (QED) is 0.621. The molecule has 1 fully saturated rings. The number of hydrogen-bond donors (Lipinski definition) is 2. The van der Waals surface area contributed by atoms with E-state index in [1.54, 1.807) is 6.20 Å². The molecule has 2 aliphatic rings. The Hall–Kier alpha value is -2.34. The van der Waals surface area contributed by atoms with E-state index >= 15 is 0 Å². The third kappa shape index (κ3) is 4.79. The number of halogens is 2. The fraction of sp³-hybridized carbons (Fsp3) is 0.500. The molecule has 1 amide bonds. The number of rotatable bonds is 6. The summed E-state index contributed by atoms with van der Waals surface area (Å²) in [6.07, 6.45) is 10.3. The van der Waals surface area contributed by atoms with Gasteiger partial charge in [-0.2, -0.15) is 0 Å². The van der Waals surface area contributed by atoms with Gasteiger partial charge in [0.2, 0.25) is 0 Å². The van der Waals surface area contributed by atoms with Gasteiger partial charge in [-0.15, -0.1) is 0 Å². The molecule has 7 heteroatoms. The molecular weight excluding hydrogens is 415 g/mol. The van der Waals surface area contributed by atoms with E-state index in [2.05, 4.69) is 22.5 Å². The lowest BCUT2D eigenvalue weighted by molar-refractivity contribution is -0.118. The van der Waals surface area contributed by atoms with Gasteiger partial charge in [0.15, 0.2) is 0 Å². The highest BCUT2D eigenvalue weighted by Gasteiger charge is 2.27. The highest BCUT2D eigenvalue weighted by atomic mass is 35.5. The fourth-order valence-electron chi connectivity index (χ4n) is 4.31. The number of alkyl halides is 1. The second kappa shape index (κ2) is 8.65. The molecule has 0 spiro atoms. The van der Waals surface area contributed by atoms with Crippen molar-refractivity contribution in [2.45, 2.75) is 70.6 Å². The predicted molar refractivity (Wildman–Crippen MR) is 123 cm³/mol. The lowest BCUT2D eigenvalue weighted by Crippen LogP contribution is -2.40. The monoisotopic (exact) mass is 444 g/mol. The van der Waals surface area contributed by atoms with Crippen LogP contribution in [0.4, 0.5) is 10.2 Å². The predicted octanol–water partition coefficient (Wildman–Crippen LogP) is 5.47. The number of imidazole rings is 1. The van der Waals surface area contributed by atoms with E-state index in [1.165, 1.54) is 13.8 Å². The van der Waals surface area contributed by atoms with E-state index in [9.17, 15) is 9.18 Å². The van der Waals surface area contributed by atoms with Crippen molar-refractivity contribution in [2.24, 2.45) is 5.92 Å². The van der Waals surface area contributed by atoms with Crippen molar-refractivity contribution in [3.05, 3.63) is 52.8 Å². The zero-order valence-electron chi connectivity index (χ0n) is 18.3. The molecule has 31 heavy (non-hydrogen) atoms. The number of pyridine rings is 1. The van der Waals surface area contributed by atoms with Gasteiger partial charge in [-0.3, -0.25) is 9.20 Å². The molecule has 5 nitrogen and oxygen atoms in total. The molecule has 166 valence electrons. The smallest absolute Gasteiger partial charge is 0.252 e. The van der Waals surface area contributed by atoms with Crippen LogP contribution < -0.4 is 10.6 Å². The number of carbonyl (C=O) groups excluding carboxylic acids is 1. The van der Waals surface area contributed by atoms with Gasteiger partial charge in [0.05, 0.1) is 11.3 Å². The first-order chi connectivity index (χ1) is 14.7. The molecule has 1 unspecified atom stereocenters. The molecule has 1 atom stereocenters. The summed E-state index contributed by atoms with van der Waals surface area (Å²) in [5.41, 5.74) is 0.273. The molecule has 2 aliphatic carbocycles. The van der Waals surface area contributed by atoms with Crippen molar-refractivity contribution >= 4 is 29.0 Å². The number of anilines is 1. The second-order valence-electron chi connectivity index (χ2n) is 9.07. The van der Waals surface area contributed by atoms with Crippen molar-refractivity contribution in [2.75, 3.05) is 5.32 Å². The minimum absolute atomic E-state index is 0.0711. The van der Waals surface area contributed by atoms with Crippen LogP contribution in [0.2, 0.25) is 0 Å². The summed E-state index contributed by atoms with van der Waals surface area (Å²) in [6, 6.07) is 6.25. The van der Waals surface area contributed by atoms with Crippen LogP contribution in [-0.4, -0.2) is 27.4 Å². The molecule has 2 heterocycles. The summed E-state index contributed by atoms with van der Waals surface area (Å²) in [6.45, 7) is 5.12. The zero-order valence-corrected chi connectivity index (χ0v) is 19.0. The number of hydrogen-bond acceptors (Lipinski definition) is 3. The SMILES string of the molecule is CCC1C=C(Cl)C(C(=O)NC2CCC(Nc3cccc4nc(C(C)(C)F)cn34)CC2)=C1. The van der Waals surface area contributed by atoms with Crippen molar-refractivity contribution in [1.82, 2.24) is 14.7 Å². The number of amides is 1. The Kier molecular flexibility index (Phi) is 6.11. The molecule has 0 aliphatic heterocycles. The Bertz CT molecular complexity index is 1030. The summed E-state index contributed by atoms with van der Waals surface area (Å²) in [5, 5.41) is 7.30. The fourth-order valence-corrected chi connectivity index (χ4v) is 4.62. The van der Waals surface area contributed by atoms with E-state index < -0.39 is 5.67 Å². The van der Waals surface area contributed by atoms with Crippen LogP contribution in [0.5, 0.6) is 0 Å². The molecule has 2 aromatic rings. The normalized spacial score (nSPS) is 24.1. The van der Waals surface area contributed by atoms with E-state index in [0.29, 0.717) is 22.3 Å². The Morgan fingerprint density at radius 1 is 1.23 bits per heavy atom. The van der Waals surface area contributed by atoms with Crippen LogP contribution >= 0.6 is 11.6 Å². The zero-order chi connectivity index (χ0) is 22.2. The van der Waals surface area contributed by atoms with Crippen molar-refractivity contribution in [3.8, 4) is 0 Å². The standard InChI is InChI=1S/C24H30ClFN4O/c1-4-15-12-18(19(25)13-15)23(31)28-17-10-8-16(9-11-17)27-21-6-5-7-22-29-20(14-30(21)22)24(2,3)26/h5-7,12-17,27H,4,8-11H2,1-3H3,(H,28,31). The maximum absolute atomic E-state index is 14.3. The molecule has 4 rings (SSSR count). The van der Waals surface area contributed by atoms with Gasteiger partial charge >= 0.3 is 0 Å². The number of nitrogens with zero attached hydrogens (tertiary/aromatic N) is 2. The van der Waals surface area contributed by atoms with Crippen LogP contribution in [0.1, 0.15) is 58.6 Å². The van der Waals surface area contributed by atoms with Crippen LogP contribution in [0.15, 0.2) is 47.2 Å². The lowest BCUT2D eigenvalue weighted by Gasteiger charge is -2.30. The number of nitrogens with one attached hydrogen (secondary N) is 2. The van der Waals surface area contributed by atoms with E-state index in [1.807, 2.05) is 34.8 Å². The van der Waals surface area contributed by atoms with Gasteiger partial charge in [-0.25, -0.2) is 9.37 Å². The van der Waals surface area contributed by atoms with Gasteiger partial charge in [0.1, 0.15) is 17.1 Å². The van der Waals surface area contributed by atoms with Gasteiger partial charge in [-0.1, -0.05) is 36.7 Å². The van der Waals surface area contributed by atoms with Gasteiger partial charge in [-0.05, 0) is 64.0 Å². The molecule has 0 aromatic carbocycles. The van der Waals surface area contributed by atoms with Gasteiger partial charge in [0.25, 0.3) is 5.91 Å². The van der Waals surface area contributed by atoms with Crippen molar-refractivity contribution < 1.29 is 9.18 Å². The summed E-state index contributed by atoms with van der Waals surface area (Å²) in [4.78, 5) is 17.0. The Morgan fingerprint density at radius 2 is 1.94 bits per heavy atom. The summed E-state index contributed by atoms with van der Waals surface area (Å²) in [7, 11) is 0. The Labute approximate surface area is 187 Å². The van der Waals surface area contributed by atoms with Crippen LogP contribution in [0.3, 0.4) is 0 Å². The maximum atomic E-state index is 14.3. The van der Waals surface area contributed by atoms with Crippen LogP contribution in [-0.2, 0) is 10.5 Å². The van der Waals surface area contributed by atoms with Gasteiger partial charge < -0.3 is 10.6 Å². The van der Waals surface area contributed by atoms with E-state index in [-0.39, 0.29) is 17.9 Å². The molecule has 0 bridgehead atoms. The number of allylic oxidation sites excluding steroid dienone is 2. The highest BCUT2D eigenvalue weighted by molar-refractivity contribution is 6.35. The Balaban J connectivity index is 1.35. The van der Waals surface area contributed by atoms with Gasteiger partial charge in [0, 0.05) is 23.3 Å². The third-order valence-electron chi connectivity index (χ3n) is 6.23. The minimum atomic E-state index is -1.48. The first-order valence-corrected chi connectivity index (χ1v) is 11.5. The molecule has 2 N–H and O–H groups in total. The summed E-state index contributed by atoms with van der Waals surface area (Å²) < 4.78 is 16.2. The average Bonchev–Trinajstić information content (AvgIpc) is 3.33. The Morgan fingerprint density at radius 3 is 2.58 bits per heavy atom. The van der Waals surface area contributed by atoms with Crippen molar-refractivity contribution in [1.29, 1.82) is 0 Å². The minimum Gasteiger partial charge on any atom is -0.368 e. The molecule has 0 radical (unpaired) electrons. The first-order valence-electron chi connectivity index (χ1n) is 11.1. The highest BCUT2D eigenvalue weighted by Crippen LogP contribution is 2.30. The number of aromatic nitrogens is 2. The third-order valence-corrected chi connectivity index (χ3v) is 6.56. The largest absolute Gasteiger partial charge is 0.368 e. The number of fused-ring (bicyclic) bond motifs is 1. The second-order valence-corrected chi connectivity index (χ2v) is 9.48. The van der Waals surface area contributed by atoms with E-state index in [4.69, 9.17) is 11.6 Å². The topological polar surface area (TPSA) is 58.4 Å². The molecule has 1 saturated carbocycles. The molecule has 2 aromatic heterocycles. The van der Waals surface area contributed by atoms with E-state index in [0.717, 1.165) is 43.6 Å². The first kappa shape index (κ1) is 21.9. The van der Waals surface area contributed by atoms with Crippen molar-refractivity contribution in [3.63, 3.8) is 0 Å². The molecule has 0 saturated heterocycles.